The number of hydrogen-bond acceptors (Lipinski definition) is 3. The summed E-state index contributed by atoms with van der Waals surface area (Å²) < 4.78 is 12.8. The van der Waals surface area contributed by atoms with E-state index in [4.69, 9.17) is 0 Å². The molecule has 0 atom stereocenters. The number of nitrogens with zero attached hydrogens (tertiary/aromatic N) is 1. The zero-order valence-corrected chi connectivity index (χ0v) is 10.2. The number of hydrogen-bond donors (Lipinski definition) is 2. The van der Waals surface area contributed by atoms with Crippen molar-refractivity contribution in [1.29, 1.82) is 0 Å². The van der Waals surface area contributed by atoms with Crippen molar-refractivity contribution in [1.82, 2.24) is 15.6 Å². The van der Waals surface area contributed by atoms with Gasteiger partial charge in [-0.05, 0) is 32.4 Å². The van der Waals surface area contributed by atoms with Crippen molar-refractivity contribution in [3.05, 3.63) is 29.8 Å². The summed E-state index contributed by atoms with van der Waals surface area (Å²) in [7, 11) is 0. The Labute approximate surface area is 96.5 Å². The topological polar surface area (TPSA) is 37.0 Å². The molecule has 0 aliphatic heterocycles. The van der Waals surface area contributed by atoms with Crippen LogP contribution in [0.1, 0.15) is 26.3 Å². The quantitative estimate of drug-likeness (QED) is 0.749. The summed E-state index contributed by atoms with van der Waals surface area (Å²) in [5.74, 6) is -0.285. The Morgan fingerprint density at radius 2 is 2.00 bits per heavy atom. The maximum atomic E-state index is 12.8. The molecule has 1 heterocycles. The standard InChI is InChI=1S/C12H20FN3/c1-12(2,3)16-5-4-14-7-10-6-11(13)9-15-8-10/h6,8-9,14,16H,4-5,7H2,1-3H3. The van der Waals surface area contributed by atoms with Gasteiger partial charge < -0.3 is 10.6 Å². The van der Waals surface area contributed by atoms with Crippen molar-refractivity contribution < 1.29 is 4.39 Å². The van der Waals surface area contributed by atoms with Gasteiger partial charge in [0.25, 0.3) is 0 Å². The number of halogens is 1. The van der Waals surface area contributed by atoms with Crippen LogP contribution in [0.15, 0.2) is 18.5 Å². The van der Waals surface area contributed by atoms with Gasteiger partial charge in [0.15, 0.2) is 0 Å². The molecule has 0 bridgehead atoms. The molecular weight excluding hydrogens is 205 g/mol. The highest BCUT2D eigenvalue weighted by atomic mass is 19.1. The smallest absolute Gasteiger partial charge is 0.141 e. The lowest BCUT2D eigenvalue weighted by atomic mass is 10.1. The van der Waals surface area contributed by atoms with Crippen molar-refractivity contribution in [2.45, 2.75) is 32.9 Å². The second-order valence-corrected chi connectivity index (χ2v) is 4.86. The Morgan fingerprint density at radius 3 is 2.62 bits per heavy atom. The van der Waals surface area contributed by atoms with Crippen LogP contribution >= 0.6 is 0 Å². The Hall–Kier alpha value is -1.00. The largest absolute Gasteiger partial charge is 0.311 e. The van der Waals surface area contributed by atoms with E-state index in [9.17, 15) is 4.39 Å². The van der Waals surface area contributed by atoms with Crippen LogP contribution < -0.4 is 10.6 Å². The molecule has 0 saturated carbocycles. The molecule has 0 amide bonds. The van der Waals surface area contributed by atoms with Gasteiger partial charge in [0.1, 0.15) is 5.82 Å². The maximum Gasteiger partial charge on any atom is 0.141 e. The normalized spacial score (nSPS) is 11.8. The van der Waals surface area contributed by atoms with Crippen LogP contribution in [0.5, 0.6) is 0 Å². The summed E-state index contributed by atoms with van der Waals surface area (Å²) in [6.45, 7) is 8.78. The summed E-state index contributed by atoms with van der Waals surface area (Å²) in [5, 5.41) is 6.60. The summed E-state index contributed by atoms with van der Waals surface area (Å²) >= 11 is 0. The van der Waals surface area contributed by atoms with E-state index < -0.39 is 0 Å². The van der Waals surface area contributed by atoms with E-state index in [2.05, 4.69) is 36.4 Å². The van der Waals surface area contributed by atoms with Crippen LogP contribution in [0.25, 0.3) is 0 Å². The molecule has 0 fully saturated rings. The first-order valence-electron chi connectivity index (χ1n) is 5.52. The molecule has 0 spiro atoms. The van der Waals surface area contributed by atoms with E-state index in [0.717, 1.165) is 18.7 Å². The van der Waals surface area contributed by atoms with E-state index in [1.165, 1.54) is 12.3 Å². The SMILES string of the molecule is CC(C)(C)NCCNCc1cncc(F)c1. The minimum atomic E-state index is -0.285. The van der Waals surface area contributed by atoms with E-state index in [0.29, 0.717) is 6.54 Å². The molecule has 0 aliphatic rings. The molecule has 1 aromatic rings. The summed E-state index contributed by atoms with van der Waals surface area (Å²) in [6.07, 6.45) is 2.89. The highest BCUT2D eigenvalue weighted by molar-refractivity contribution is 5.09. The third-order valence-electron chi connectivity index (χ3n) is 2.05. The zero-order chi connectivity index (χ0) is 12.0. The van der Waals surface area contributed by atoms with E-state index in [-0.39, 0.29) is 11.4 Å². The van der Waals surface area contributed by atoms with Crippen molar-refractivity contribution >= 4 is 0 Å². The number of rotatable bonds is 5. The Kier molecular flexibility index (Phi) is 4.83. The molecule has 1 rings (SSSR count). The fourth-order valence-corrected chi connectivity index (χ4v) is 1.31. The van der Waals surface area contributed by atoms with Gasteiger partial charge in [-0.2, -0.15) is 0 Å². The van der Waals surface area contributed by atoms with Gasteiger partial charge >= 0.3 is 0 Å². The third kappa shape index (κ3) is 5.78. The minimum Gasteiger partial charge on any atom is -0.311 e. The first-order valence-corrected chi connectivity index (χ1v) is 5.52. The Bertz CT molecular complexity index is 320. The molecule has 3 nitrogen and oxygen atoms in total. The average Bonchev–Trinajstić information content (AvgIpc) is 2.15. The number of pyridine rings is 1. The van der Waals surface area contributed by atoms with Gasteiger partial charge in [0.2, 0.25) is 0 Å². The molecule has 0 aliphatic carbocycles. The van der Waals surface area contributed by atoms with Gasteiger partial charge in [-0.3, -0.25) is 4.98 Å². The summed E-state index contributed by atoms with van der Waals surface area (Å²) in [5.41, 5.74) is 1.01. The second kappa shape index (κ2) is 5.92. The predicted octanol–water partition coefficient (Wildman–Crippen LogP) is 1.70. The third-order valence-corrected chi connectivity index (χ3v) is 2.05. The fourth-order valence-electron chi connectivity index (χ4n) is 1.31. The van der Waals surface area contributed by atoms with E-state index >= 15 is 0 Å². The molecule has 0 saturated heterocycles. The summed E-state index contributed by atoms with van der Waals surface area (Å²) in [4.78, 5) is 3.79. The monoisotopic (exact) mass is 225 g/mol. The van der Waals surface area contributed by atoms with Crippen molar-refractivity contribution in [2.75, 3.05) is 13.1 Å². The van der Waals surface area contributed by atoms with Crippen molar-refractivity contribution in [3.63, 3.8) is 0 Å². The molecule has 1 aromatic heterocycles. The van der Waals surface area contributed by atoms with Crippen LogP contribution in [-0.4, -0.2) is 23.6 Å². The van der Waals surface area contributed by atoms with Crippen LogP contribution in [0.4, 0.5) is 4.39 Å². The molecule has 0 radical (unpaired) electrons. The van der Waals surface area contributed by atoms with Gasteiger partial charge in [0, 0.05) is 31.4 Å². The van der Waals surface area contributed by atoms with Crippen LogP contribution in [0, 0.1) is 5.82 Å². The lowest BCUT2D eigenvalue weighted by molar-refractivity contribution is 0.421. The molecule has 16 heavy (non-hydrogen) atoms. The van der Waals surface area contributed by atoms with Gasteiger partial charge in [-0.25, -0.2) is 4.39 Å². The van der Waals surface area contributed by atoms with Crippen LogP contribution in [0.3, 0.4) is 0 Å². The van der Waals surface area contributed by atoms with Gasteiger partial charge in [0.05, 0.1) is 6.20 Å². The van der Waals surface area contributed by atoms with Crippen LogP contribution in [0.2, 0.25) is 0 Å². The number of aromatic nitrogens is 1. The zero-order valence-electron chi connectivity index (χ0n) is 10.2. The predicted molar refractivity (Wildman–Crippen MR) is 63.7 cm³/mol. The second-order valence-electron chi connectivity index (χ2n) is 4.86. The first kappa shape index (κ1) is 13.1. The Morgan fingerprint density at radius 1 is 1.25 bits per heavy atom. The van der Waals surface area contributed by atoms with Gasteiger partial charge in [-0.15, -0.1) is 0 Å². The molecule has 0 aromatic carbocycles. The minimum absolute atomic E-state index is 0.141. The lowest BCUT2D eigenvalue weighted by Crippen LogP contribution is -2.40. The van der Waals surface area contributed by atoms with Crippen LogP contribution in [-0.2, 0) is 6.54 Å². The molecule has 2 N–H and O–H groups in total. The van der Waals surface area contributed by atoms with Crippen molar-refractivity contribution in [3.8, 4) is 0 Å². The fraction of sp³-hybridized carbons (Fsp3) is 0.583. The van der Waals surface area contributed by atoms with Crippen molar-refractivity contribution in [2.24, 2.45) is 0 Å². The summed E-state index contributed by atoms with van der Waals surface area (Å²) in [6, 6.07) is 1.50. The Balaban J connectivity index is 2.17. The highest BCUT2D eigenvalue weighted by Gasteiger charge is 2.06. The lowest BCUT2D eigenvalue weighted by Gasteiger charge is -2.20. The molecule has 90 valence electrons. The van der Waals surface area contributed by atoms with E-state index in [1.807, 2.05) is 0 Å². The van der Waals surface area contributed by atoms with E-state index in [1.54, 1.807) is 6.20 Å². The molecule has 4 heteroatoms. The van der Waals surface area contributed by atoms with Gasteiger partial charge in [-0.1, -0.05) is 0 Å². The molecule has 0 unspecified atom stereocenters. The number of nitrogens with one attached hydrogen (secondary N) is 2. The maximum absolute atomic E-state index is 12.8. The first-order chi connectivity index (χ1) is 7.47. The average molecular weight is 225 g/mol. The highest BCUT2D eigenvalue weighted by Crippen LogP contribution is 2.00. The molecular formula is C12H20FN3.